The van der Waals surface area contributed by atoms with Crippen molar-refractivity contribution in [2.24, 2.45) is 0 Å². The van der Waals surface area contributed by atoms with Crippen molar-refractivity contribution in [1.82, 2.24) is 0 Å². The summed E-state index contributed by atoms with van der Waals surface area (Å²) in [7, 11) is 0. The van der Waals surface area contributed by atoms with Crippen LogP contribution in [0, 0.1) is 0 Å². The normalized spacial score (nSPS) is 9.89. The Morgan fingerprint density at radius 1 is 1.11 bits per heavy atom. The smallest absolute Gasteiger partial charge is 0.331 e. The zero-order chi connectivity index (χ0) is 14.8. The second-order valence-electron chi connectivity index (χ2n) is 3.15. The van der Waals surface area contributed by atoms with E-state index in [1.165, 1.54) is 0 Å². The van der Waals surface area contributed by atoms with Crippen LogP contribution in [-0.4, -0.2) is 36.5 Å². The predicted molar refractivity (Wildman–Crippen MR) is 72.2 cm³/mol. The van der Waals surface area contributed by atoms with Gasteiger partial charge in [0.25, 0.3) is 0 Å². The Labute approximate surface area is 121 Å². The van der Waals surface area contributed by atoms with Crippen LogP contribution in [0.4, 0.5) is 0 Å². The molecule has 0 aromatic rings. The van der Waals surface area contributed by atoms with Crippen LogP contribution in [0.5, 0.6) is 0 Å². The van der Waals surface area contributed by atoms with Gasteiger partial charge in [0.1, 0.15) is 0 Å². The highest BCUT2D eigenvalue weighted by molar-refractivity contribution is 9.25. The number of rotatable bonds is 7. The second-order valence-corrected chi connectivity index (χ2v) is 6.92. The first-order valence-corrected chi connectivity index (χ1v) is 6.40. The van der Waals surface area contributed by atoms with E-state index in [1.54, 1.807) is 0 Å². The molecule has 104 valence electrons. The highest BCUT2D eigenvalue weighted by Gasteiger charge is 2.31. The predicted octanol–water partition coefficient (Wildman–Crippen LogP) is 2.46. The van der Waals surface area contributed by atoms with Gasteiger partial charge < -0.3 is 15.3 Å². The maximum atomic E-state index is 10.5. The Kier molecular flexibility index (Phi) is 10.9. The number of alkyl halides is 2. The minimum absolute atomic E-state index is 0.0791. The van der Waals surface area contributed by atoms with Crippen LogP contribution in [0.2, 0.25) is 0 Å². The Balaban J connectivity index is 0. The second kappa shape index (κ2) is 10.1. The molecular weight excluding hydrogens is 376 g/mol. The minimum atomic E-state index is -1.11. The molecule has 0 spiro atoms. The molecule has 18 heavy (non-hydrogen) atoms. The largest absolute Gasteiger partial charge is 0.481 e. The van der Waals surface area contributed by atoms with Gasteiger partial charge >= 0.3 is 17.9 Å². The van der Waals surface area contributed by atoms with Crippen molar-refractivity contribution in [1.29, 1.82) is 0 Å². The molecule has 8 heteroatoms. The van der Waals surface area contributed by atoms with Gasteiger partial charge in [0.05, 0.1) is 0 Å². The Hall–Kier alpha value is -0.890. The molecule has 0 fully saturated rings. The average Bonchev–Trinajstić information content (AvgIpc) is 2.24. The maximum Gasteiger partial charge on any atom is 0.331 e. The SMILES string of the molecule is C=CC(=O)O.O=C(O)CCCCC(Br)(Br)C(=O)O. The lowest BCUT2D eigenvalue weighted by molar-refractivity contribution is -0.137. The molecule has 0 radical (unpaired) electrons. The van der Waals surface area contributed by atoms with Crippen molar-refractivity contribution < 1.29 is 29.7 Å². The fourth-order valence-corrected chi connectivity index (χ4v) is 1.29. The van der Waals surface area contributed by atoms with Gasteiger partial charge in [-0.2, -0.15) is 0 Å². The molecule has 0 atom stereocenters. The topological polar surface area (TPSA) is 112 Å². The van der Waals surface area contributed by atoms with Crippen molar-refractivity contribution in [2.75, 3.05) is 0 Å². The molecule has 0 heterocycles. The van der Waals surface area contributed by atoms with E-state index in [2.05, 4.69) is 38.4 Å². The van der Waals surface area contributed by atoms with E-state index < -0.39 is 21.1 Å². The zero-order valence-corrected chi connectivity index (χ0v) is 12.6. The van der Waals surface area contributed by atoms with E-state index in [0.717, 1.165) is 6.08 Å². The molecule has 0 aliphatic carbocycles. The third-order valence-corrected chi connectivity index (χ3v) is 3.09. The van der Waals surface area contributed by atoms with Crippen molar-refractivity contribution in [3.8, 4) is 0 Å². The van der Waals surface area contributed by atoms with E-state index in [-0.39, 0.29) is 6.42 Å². The van der Waals surface area contributed by atoms with Crippen molar-refractivity contribution >= 4 is 49.8 Å². The molecule has 0 aliphatic rings. The lowest BCUT2D eigenvalue weighted by atomic mass is 10.1. The van der Waals surface area contributed by atoms with Crippen molar-refractivity contribution in [3.05, 3.63) is 12.7 Å². The Bertz CT molecular complexity index is 313. The number of carbonyl (C=O) groups is 3. The molecule has 0 unspecified atom stereocenters. The first-order valence-electron chi connectivity index (χ1n) is 4.82. The van der Waals surface area contributed by atoms with Gasteiger partial charge in [-0.3, -0.25) is 4.79 Å². The van der Waals surface area contributed by atoms with Crippen LogP contribution < -0.4 is 0 Å². The van der Waals surface area contributed by atoms with Crippen molar-refractivity contribution in [2.45, 2.75) is 28.9 Å². The number of hydrogen-bond donors (Lipinski definition) is 3. The lowest BCUT2D eigenvalue weighted by Crippen LogP contribution is -2.23. The van der Waals surface area contributed by atoms with E-state index in [9.17, 15) is 14.4 Å². The standard InChI is InChI=1S/C7H10Br2O4.C3H4O2/c8-7(9,6(12)13)4-2-1-3-5(10)11;1-2-3(4)5/h1-4H2,(H,10,11)(H,12,13);2H,1H2,(H,4,5). The van der Waals surface area contributed by atoms with Gasteiger partial charge in [0.2, 0.25) is 0 Å². The summed E-state index contributed by atoms with van der Waals surface area (Å²) in [5.74, 6) is -2.84. The molecule has 0 aromatic heterocycles. The van der Waals surface area contributed by atoms with Crippen LogP contribution in [0.15, 0.2) is 12.7 Å². The molecule has 0 amide bonds. The molecule has 0 aromatic carbocycles. The molecule has 3 N–H and O–H groups in total. The fourth-order valence-electron chi connectivity index (χ4n) is 0.730. The van der Waals surface area contributed by atoms with Gasteiger partial charge in [-0.1, -0.05) is 44.9 Å². The van der Waals surface area contributed by atoms with Crippen LogP contribution in [0.25, 0.3) is 0 Å². The highest BCUT2D eigenvalue weighted by atomic mass is 79.9. The van der Waals surface area contributed by atoms with E-state index >= 15 is 0 Å². The summed E-state index contributed by atoms with van der Waals surface area (Å²) in [5.41, 5.74) is 0. The number of carboxylic acid groups (broad SMARTS) is 3. The third kappa shape index (κ3) is 13.2. The summed E-state index contributed by atoms with van der Waals surface area (Å²) >= 11 is 5.97. The molecule has 0 saturated carbocycles. The van der Waals surface area contributed by atoms with Crippen LogP contribution >= 0.6 is 31.9 Å². The molecular formula is C10H14Br2O6. The van der Waals surface area contributed by atoms with E-state index in [0.29, 0.717) is 19.3 Å². The fraction of sp³-hybridized carbons (Fsp3) is 0.500. The van der Waals surface area contributed by atoms with Crippen LogP contribution in [0.3, 0.4) is 0 Å². The van der Waals surface area contributed by atoms with Gasteiger partial charge in [-0.15, -0.1) is 0 Å². The third-order valence-electron chi connectivity index (χ3n) is 1.62. The summed E-state index contributed by atoms with van der Waals surface area (Å²) in [5, 5.41) is 24.6. The van der Waals surface area contributed by atoms with Crippen LogP contribution in [0.1, 0.15) is 25.7 Å². The average molecular weight is 390 g/mol. The molecule has 0 bridgehead atoms. The number of hydrogen-bond acceptors (Lipinski definition) is 3. The van der Waals surface area contributed by atoms with Gasteiger partial charge in [0, 0.05) is 12.5 Å². The Morgan fingerprint density at radius 2 is 1.56 bits per heavy atom. The first-order chi connectivity index (χ1) is 8.13. The van der Waals surface area contributed by atoms with Crippen molar-refractivity contribution in [3.63, 3.8) is 0 Å². The van der Waals surface area contributed by atoms with Gasteiger partial charge in [-0.05, 0) is 12.8 Å². The summed E-state index contributed by atoms with van der Waals surface area (Å²) in [6.45, 7) is 2.96. The summed E-state index contributed by atoms with van der Waals surface area (Å²) in [4.78, 5) is 29.9. The molecule has 6 nitrogen and oxygen atoms in total. The van der Waals surface area contributed by atoms with E-state index in [4.69, 9.17) is 15.3 Å². The zero-order valence-electron chi connectivity index (χ0n) is 9.44. The number of aliphatic carboxylic acids is 3. The van der Waals surface area contributed by atoms with Crippen LogP contribution in [-0.2, 0) is 14.4 Å². The number of carboxylic acids is 3. The number of unbranched alkanes of at least 4 members (excludes halogenated alkanes) is 1. The highest BCUT2D eigenvalue weighted by Crippen LogP contribution is 2.32. The molecule has 0 rings (SSSR count). The quantitative estimate of drug-likeness (QED) is 0.350. The lowest BCUT2D eigenvalue weighted by Gasteiger charge is -2.13. The summed E-state index contributed by atoms with van der Waals surface area (Å²) in [6, 6.07) is 0. The van der Waals surface area contributed by atoms with E-state index in [1.807, 2.05) is 0 Å². The summed E-state index contributed by atoms with van der Waals surface area (Å²) < 4.78 is -1.11. The molecule has 0 aliphatic heterocycles. The monoisotopic (exact) mass is 388 g/mol. The van der Waals surface area contributed by atoms with Gasteiger partial charge in [-0.25, -0.2) is 9.59 Å². The first kappa shape index (κ1) is 19.4. The Morgan fingerprint density at radius 3 is 1.83 bits per heavy atom. The maximum absolute atomic E-state index is 10.5. The number of halogens is 2. The van der Waals surface area contributed by atoms with Gasteiger partial charge in [0.15, 0.2) is 3.23 Å². The molecule has 0 saturated heterocycles. The minimum Gasteiger partial charge on any atom is -0.481 e. The summed E-state index contributed by atoms with van der Waals surface area (Å²) in [6.07, 6.45) is 2.31.